The van der Waals surface area contributed by atoms with Gasteiger partial charge in [0.05, 0.1) is 4.90 Å². The molecule has 10 heteroatoms. The zero-order valence-electron chi connectivity index (χ0n) is 20.1. The lowest BCUT2D eigenvalue weighted by atomic mass is 10.0. The van der Waals surface area contributed by atoms with Gasteiger partial charge in [0, 0.05) is 43.3 Å². The standard InChI is InChI=1S/C24H32N4O5S/c1-24(2,3)33-23(30)26-13-11-19(12-14-26)28(18-5-6-18)22(29)21-15-27(16-25-21)17-7-9-20(10-8-17)34(4,31)32/h7-10,15-16,18-19H,5-6,11-14H2,1-4H3. The fourth-order valence-corrected chi connectivity index (χ4v) is 4.84. The van der Waals surface area contributed by atoms with Crippen molar-refractivity contribution in [3.63, 3.8) is 0 Å². The summed E-state index contributed by atoms with van der Waals surface area (Å²) in [5.41, 5.74) is 0.546. The second kappa shape index (κ2) is 9.05. The predicted molar refractivity (Wildman–Crippen MR) is 127 cm³/mol. The van der Waals surface area contributed by atoms with Gasteiger partial charge in [-0.25, -0.2) is 18.2 Å². The molecule has 1 saturated heterocycles. The van der Waals surface area contributed by atoms with Gasteiger partial charge in [-0.15, -0.1) is 0 Å². The average molecular weight is 489 g/mol. The van der Waals surface area contributed by atoms with Gasteiger partial charge < -0.3 is 19.1 Å². The minimum absolute atomic E-state index is 0.0536. The van der Waals surface area contributed by atoms with E-state index in [9.17, 15) is 18.0 Å². The van der Waals surface area contributed by atoms with Gasteiger partial charge in [0.25, 0.3) is 5.91 Å². The van der Waals surface area contributed by atoms with Crippen LogP contribution in [0.25, 0.3) is 5.69 Å². The van der Waals surface area contributed by atoms with E-state index in [1.807, 2.05) is 25.7 Å². The van der Waals surface area contributed by atoms with E-state index >= 15 is 0 Å². The van der Waals surface area contributed by atoms with E-state index in [1.165, 1.54) is 6.26 Å². The van der Waals surface area contributed by atoms with Crippen LogP contribution < -0.4 is 0 Å². The molecular formula is C24H32N4O5S. The third-order valence-electron chi connectivity index (χ3n) is 6.05. The van der Waals surface area contributed by atoms with Crippen molar-refractivity contribution in [1.29, 1.82) is 0 Å². The summed E-state index contributed by atoms with van der Waals surface area (Å²) in [6, 6.07) is 6.74. The number of rotatable bonds is 5. The van der Waals surface area contributed by atoms with Crippen LogP contribution >= 0.6 is 0 Å². The quantitative estimate of drug-likeness (QED) is 0.640. The highest BCUT2D eigenvalue weighted by atomic mass is 32.2. The molecule has 1 saturated carbocycles. The molecule has 2 amide bonds. The van der Waals surface area contributed by atoms with Crippen LogP contribution in [0.1, 0.15) is 56.9 Å². The number of aromatic nitrogens is 2. The number of nitrogens with zero attached hydrogens (tertiary/aromatic N) is 4. The lowest BCUT2D eigenvalue weighted by Gasteiger charge is -2.38. The first-order valence-electron chi connectivity index (χ1n) is 11.6. The van der Waals surface area contributed by atoms with Gasteiger partial charge in [-0.05, 0) is 70.7 Å². The minimum Gasteiger partial charge on any atom is -0.444 e. The van der Waals surface area contributed by atoms with Gasteiger partial charge in [-0.2, -0.15) is 0 Å². The van der Waals surface area contributed by atoms with Gasteiger partial charge in [-0.1, -0.05) is 0 Å². The second-order valence-electron chi connectivity index (χ2n) is 10.1. The highest BCUT2D eigenvalue weighted by Crippen LogP contribution is 2.33. The van der Waals surface area contributed by atoms with Crippen LogP contribution in [0.3, 0.4) is 0 Å². The molecule has 1 aliphatic heterocycles. The summed E-state index contributed by atoms with van der Waals surface area (Å²) in [5, 5.41) is 0. The first-order chi connectivity index (χ1) is 15.9. The van der Waals surface area contributed by atoms with Crippen molar-refractivity contribution in [2.24, 2.45) is 0 Å². The number of amides is 2. The van der Waals surface area contributed by atoms with Crippen LogP contribution in [0.15, 0.2) is 41.7 Å². The van der Waals surface area contributed by atoms with Crippen molar-refractivity contribution < 1.29 is 22.7 Å². The van der Waals surface area contributed by atoms with Crippen molar-refractivity contribution in [2.75, 3.05) is 19.3 Å². The molecule has 2 fully saturated rings. The predicted octanol–water partition coefficient (Wildman–Crippen LogP) is 3.28. The number of hydrogen-bond acceptors (Lipinski definition) is 6. The summed E-state index contributed by atoms with van der Waals surface area (Å²) >= 11 is 0. The molecule has 2 aliphatic rings. The van der Waals surface area contributed by atoms with Crippen molar-refractivity contribution in [1.82, 2.24) is 19.4 Å². The number of piperidine rings is 1. The molecule has 184 valence electrons. The molecule has 4 rings (SSSR count). The lowest BCUT2D eigenvalue weighted by molar-refractivity contribution is 0.0141. The summed E-state index contributed by atoms with van der Waals surface area (Å²) < 4.78 is 30.6. The highest BCUT2D eigenvalue weighted by molar-refractivity contribution is 7.90. The molecule has 34 heavy (non-hydrogen) atoms. The Morgan fingerprint density at radius 2 is 1.62 bits per heavy atom. The maximum absolute atomic E-state index is 13.4. The number of imidazole rings is 1. The average Bonchev–Trinajstić information content (AvgIpc) is 3.46. The highest BCUT2D eigenvalue weighted by Gasteiger charge is 2.40. The van der Waals surface area contributed by atoms with Gasteiger partial charge in [0.15, 0.2) is 9.84 Å². The number of carbonyl (C=O) groups excluding carboxylic acids is 2. The Kier molecular flexibility index (Phi) is 6.46. The molecule has 0 N–H and O–H groups in total. The first kappa shape index (κ1) is 24.3. The molecule has 0 unspecified atom stereocenters. The Labute approximate surface area is 200 Å². The SMILES string of the molecule is CC(C)(C)OC(=O)N1CCC(N(C(=O)c2cn(-c3ccc(S(C)(=O)=O)cc3)cn2)C2CC2)CC1. The van der Waals surface area contributed by atoms with Crippen LogP contribution in [-0.2, 0) is 14.6 Å². The van der Waals surface area contributed by atoms with Crippen LogP contribution in [0.2, 0.25) is 0 Å². The number of benzene rings is 1. The number of hydrogen-bond donors (Lipinski definition) is 0. The Morgan fingerprint density at radius 3 is 2.15 bits per heavy atom. The van der Waals surface area contributed by atoms with E-state index < -0.39 is 15.4 Å². The molecule has 1 aliphatic carbocycles. The third-order valence-corrected chi connectivity index (χ3v) is 7.18. The van der Waals surface area contributed by atoms with Crippen LogP contribution in [0.5, 0.6) is 0 Å². The molecule has 0 spiro atoms. The van der Waals surface area contributed by atoms with Crippen molar-refractivity contribution in [2.45, 2.75) is 69.0 Å². The van der Waals surface area contributed by atoms with E-state index in [0.29, 0.717) is 31.6 Å². The van der Waals surface area contributed by atoms with Gasteiger partial charge in [0.1, 0.15) is 17.6 Å². The van der Waals surface area contributed by atoms with Crippen molar-refractivity contribution in [3.05, 3.63) is 42.5 Å². The Hall–Kier alpha value is -2.88. The lowest BCUT2D eigenvalue weighted by Crippen LogP contribution is -2.50. The summed E-state index contributed by atoms with van der Waals surface area (Å²) in [6.45, 7) is 6.66. The molecule has 0 bridgehead atoms. The van der Waals surface area contributed by atoms with Gasteiger partial charge in [0.2, 0.25) is 0 Å². The number of likely N-dealkylation sites (tertiary alicyclic amines) is 1. The molecular weight excluding hydrogens is 456 g/mol. The largest absolute Gasteiger partial charge is 0.444 e. The molecule has 9 nitrogen and oxygen atoms in total. The number of carbonyl (C=O) groups is 2. The topological polar surface area (TPSA) is 102 Å². The molecule has 0 radical (unpaired) electrons. The monoisotopic (exact) mass is 488 g/mol. The van der Waals surface area contributed by atoms with E-state index in [1.54, 1.807) is 46.3 Å². The fraction of sp³-hybridized carbons (Fsp3) is 0.542. The normalized spacial score (nSPS) is 17.5. The number of ether oxygens (including phenoxy) is 1. The maximum Gasteiger partial charge on any atom is 0.410 e. The zero-order chi connectivity index (χ0) is 24.7. The van der Waals surface area contributed by atoms with E-state index in [2.05, 4.69) is 4.98 Å². The minimum atomic E-state index is -3.27. The maximum atomic E-state index is 13.4. The smallest absolute Gasteiger partial charge is 0.410 e. The Morgan fingerprint density at radius 1 is 1.03 bits per heavy atom. The zero-order valence-corrected chi connectivity index (χ0v) is 20.9. The van der Waals surface area contributed by atoms with Gasteiger partial charge >= 0.3 is 6.09 Å². The molecule has 2 heterocycles. The fourth-order valence-electron chi connectivity index (χ4n) is 4.21. The van der Waals surface area contributed by atoms with Crippen LogP contribution in [0.4, 0.5) is 4.79 Å². The van der Waals surface area contributed by atoms with Crippen molar-refractivity contribution in [3.8, 4) is 5.69 Å². The first-order valence-corrected chi connectivity index (χ1v) is 13.5. The molecule has 1 aromatic heterocycles. The number of sulfone groups is 1. The summed E-state index contributed by atoms with van der Waals surface area (Å²) in [4.78, 5) is 34.1. The molecule has 2 aromatic rings. The summed E-state index contributed by atoms with van der Waals surface area (Å²) in [7, 11) is -3.27. The third kappa shape index (κ3) is 5.60. The van der Waals surface area contributed by atoms with E-state index in [0.717, 1.165) is 18.5 Å². The van der Waals surface area contributed by atoms with E-state index in [4.69, 9.17) is 4.74 Å². The van der Waals surface area contributed by atoms with E-state index in [-0.39, 0.29) is 29.0 Å². The summed E-state index contributed by atoms with van der Waals surface area (Å²) in [6.07, 6.45) is 7.47. The Balaban J connectivity index is 1.44. The van der Waals surface area contributed by atoms with Crippen LogP contribution in [-0.4, -0.2) is 76.8 Å². The molecule has 0 atom stereocenters. The summed E-state index contributed by atoms with van der Waals surface area (Å²) in [5.74, 6) is -0.107. The molecule has 1 aromatic carbocycles. The van der Waals surface area contributed by atoms with Gasteiger partial charge in [-0.3, -0.25) is 4.79 Å². The van der Waals surface area contributed by atoms with Crippen LogP contribution in [0, 0.1) is 0 Å². The second-order valence-corrected chi connectivity index (χ2v) is 12.1. The Bertz CT molecular complexity index is 1150. The van der Waals surface area contributed by atoms with Crippen molar-refractivity contribution >= 4 is 21.8 Å².